The van der Waals surface area contributed by atoms with E-state index in [0.717, 1.165) is 13.1 Å². The first-order chi connectivity index (χ1) is 15.7. The molecule has 33 heavy (non-hydrogen) atoms. The monoisotopic (exact) mass is 481 g/mol. The fourth-order valence-corrected chi connectivity index (χ4v) is 4.95. The van der Waals surface area contributed by atoms with E-state index >= 15 is 0 Å². The Labute approximate surface area is 194 Å². The lowest BCUT2D eigenvalue weighted by Crippen LogP contribution is -2.60. The van der Waals surface area contributed by atoms with Gasteiger partial charge in [0.1, 0.15) is 12.4 Å². The minimum atomic E-state index is -3.39. The largest absolute Gasteiger partial charge is 0.492 e. The van der Waals surface area contributed by atoms with Crippen molar-refractivity contribution < 1.29 is 27.8 Å². The molecule has 182 valence electrons. The van der Waals surface area contributed by atoms with Gasteiger partial charge < -0.3 is 19.9 Å². The number of hydrogen-bond acceptors (Lipinski definition) is 8. The molecule has 0 saturated carbocycles. The van der Waals surface area contributed by atoms with Gasteiger partial charge in [0, 0.05) is 58.9 Å². The molecule has 12 heteroatoms. The molecule has 2 saturated heterocycles. The Morgan fingerprint density at radius 2 is 1.79 bits per heavy atom. The summed E-state index contributed by atoms with van der Waals surface area (Å²) in [6, 6.07) is 8.74. The maximum atomic E-state index is 12.3. The zero-order valence-corrected chi connectivity index (χ0v) is 19.5. The van der Waals surface area contributed by atoms with Crippen molar-refractivity contribution in [1.29, 1.82) is 5.26 Å². The second-order valence-electron chi connectivity index (χ2n) is 8.28. The van der Waals surface area contributed by atoms with Crippen LogP contribution in [0.5, 0.6) is 5.75 Å². The van der Waals surface area contributed by atoms with Crippen LogP contribution in [0.1, 0.15) is 5.56 Å². The molecule has 1 amide bonds. The maximum absolute atomic E-state index is 12.3. The van der Waals surface area contributed by atoms with Crippen molar-refractivity contribution in [3.05, 3.63) is 29.8 Å². The van der Waals surface area contributed by atoms with Crippen molar-refractivity contribution in [2.45, 2.75) is 12.2 Å². The average Bonchev–Trinajstić information content (AvgIpc) is 2.75. The van der Waals surface area contributed by atoms with Crippen LogP contribution in [-0.4, -0.2) is 118 Å². The summed E-state index contributed by atoms with van der Waals surface area (Å²) < 4.78 is 37.6. The molecule has 0 aromatic heterocycles. The lowest BCUT2D eigenvalue weighted by atomic mass is 10.1. The highest BCUT2D eigenvalue weighted by Gasteiger charge is 2.34. The van der Waals surface area contributed by atoms with Crippen LogP contribution in [0.3, 0.4) is 0 Å². The summed E-state index contributed by atoms with van der Waals surface area (Å²) in [5.41, 5.74) is 0.537. The van der Waals surface area contributed by atoms with Crippen LogP contribution in [-0.2, 0) is 14.8 Å². The topological polar surface area (TPSA) is 135 Å². The molecule has 2 aliphatic rings. The van der Waals surface area contributed by atoms with Crippen molar-refractivity contribution >= 4 is 16.1 Å². The summed E-state index contributed by atoms with van der Waals surface area (Å²) in [6.45, 7) is 5.30. The van der Waals surface area contributed by atoms with Gasteiger partial charge in [-0.25, -0.2) is 13.2 Å². The Morgan fingerprint density at radius 1 is 1.18 bits per heavy atom. The zero-order chi connectivity index (χ0) is 23.8. The summed E-state index contributed by atoms with van der Waals surface area (Å²) in [5.74, 6) is 0.589. The molecular formula is C21H31N5O6S. The van der Waals surface area contributed by atoms with Gasteiger partial charge in [-0.15, -0.1) is 0 Å². The Hall–Kier alpha value is -2.43. The summed E-state index contributed by atoms with van der Waals surface area (Å²) in [6.07, 6.45) is 0.223. The molecular weight excluding hydrogens is 450 g/mol. The van der Waals surface area contributed by atoms with Gasteiger partial charge in [0.2, 0.25) is 10.0 Å². The molecule has 1 aromatic carbocycles. The van der Waals surface area contributed by atoms with Crippen LogP contribution >= 0.6 is 0 Å². The van der Waals surface area contributed by atoms with E-state index in [1.165, 1.54) is 10.6 Å². The first-order valence-corrected chi connectivity index (χ1v) is 12.7. The van der Waals surface area contributed by atoms with Crippen LogP contribution in [0.25, 0.3) is 0 Å². The molecule has 2 aliphatic heterocycles. The zero-order valence-electron chi connectivity index (χ0n) is 18.7. The first kappa shape index (κ1) is 25.2. The second-order valence-corrected chi connectivity index (χ2v) is 10.3. The lowest BCUT2D eigenvalue weighted by molar-refractivity contribution is -0.138. The number of morpholine rings is 2. The van der Waals surface area contributed by atoms with Crippen molar-refractivity contribution in [2.24, 2.45) is 0 Å². The maximum Gasteiger partial charge on any atom is 0.404 e. The Kier molecular flexibility index (Phi) is 8.87. The highest BCUT2D eigenvalue weighted by atomic mass is 32.2. The lowest BCUT2D eigenvalue weighted by Gasteiger charge is -2.46. The third-order valence-electron chi connectivity index (χ3n) is 5.66. The predicted molar refractivity (Wildman–Crippen MR) is 121 cm³/mol. The molecule has 2 fully saturated rings. The predicted octanol–water partition coefficient (Wildman–Crippen LogP) is -0.149. The highest BCUT2D eigenvalue weighted by molar-refractivity contribution is 7.88. The fraction of sp³-hybridized carbons (Fsp3) is 0.619. The Morgan fingerprint density at radius 3 is 2.33 bits per heavy atom. The van der Waals surface area contributed by atoms with Crippen molar-refractivity contribution in [1.82, 2.24) is 19.4 Å². The van der Waals surface area contributed by atoms with Gasteiger partial charge in [0.25, 0.3) is 0 Å². The SMILES string of the molecule is CS(=O)(=O)N(CCOc1ccc(C#N)cc1)CCN1CC2CN(CCNC(=O)O)CC(C1)O2. The number of sulfonamides is 1. The summed E-state index contributed by atoms with van der Waals surface area (Å²) in [7, 11) is -3.39. The number of nitrogens with zero attached hydrogens (tertiary/aromatic N) is 4. The number of rotatable bonds is 11. The van der Waals surface area contributed by atoms with Gasteiger partial charge in [-0.3, -0.25) is 9.80 Å². The number of carboxylic acid groups (broad SMARTS) is 1. The summed E-state index contributed by atoms with van der Waals surface area (Å²) >= 11 is 0. The molecule has 11 nitrogen and oxygen atoms in total. The molecule has 3 rings (SSSR count). The molecule has 0 aliphatic carbocycles. The van der Waals surface area contributed by atoms with E-state index in [2.05, 4.69) is 15.1 Å². The summed E-state index contributed by atoms with van der Waals surface area (Å²) in [4.78, 5) is 15.0. The van der Waals surface area contributed by atoms with Crippen LogP contribution in [0.15, 0.2) is 24.3 Å². The van der Waals surface area contributed by atoms with Crippen LogP contribution < -0.4 is 10.1 Å². The van der Waals surface area contributed by atoms with Crippen molar-refractivity contribution in [3.8, 4) is 11.8 Å². The van der Waals surface area contributed by atoms with E-state index in [-0.39, 0.29) is 25.4 Å². The van der Waals surface area contributed by atoms with Crippen LogP contribution in [0.4, 0.5) is 4.79 Å². The number of carbonyl (C=O) groups is 1. The highest BCUT2D eigenvalue weighted by Crippen LogP contribution is 2.19. The number of hydrogen-bond donors (Lipinski definition) is 2. The number of fused-ring (bicyclic) bond motifs is 2. The first-order valence-electron chi connectivity index (χ1n) is 10.9. The Bertz CT molecular complexity index is 921. The third-order valence-corrected chi connectivity index (χ3v) is 6.97. The quantitative estimate of drug-likeness (QED) is 0.442. The average molecular weight is 482 g/mol. The van der Waals surface area contributed by atoms with E-state index in [9.17, 15) is 13.2 Å². The number of nitrogens with one attached hydrogen (secondary N) is 1. The number of benzene rings is 1. The fourth-order valence-electron chi connectivity index (χ4n) is 4.13. The molecule has 1 aromatic rings. The second kappa shape index (κ2) is 11.6. The molecule has 2 atom stereocenters. The van der Waals surface area contributed by atoms with E-state index in [0.29, 0.717) is 50.6 Å². The minimum Gasteiger partial charge on any atom is -0.492 e. The van der Waals surface area contributed by atoms with Gasteiger partial charge in [-0.1, -0.05) is 0 Å². The van der Waals surface area contributed by atoms with E-state index in [4.69, 9.17) is 19.8 Å². The number of amides is 1. The smallest absolute Gasteiger partial charge is 0.404 e. The molecule has 2 heterocycles. The van der Waals surface area contributed by atoms with Crippen LogP contribution in [0.2, 0.25) is 0 Å². The molecule has 2 unspecified atom stereocenters. The van der Waals surface area contributed by atoms with E-state index < -0.39 is 16.1 Å². The number of nitriles is 1. The van der Waals surface area contributed by atoms with Crippen molar-refractivity contribution in [2.75, 3.05) is 71.8 Å². The third kappa shape index (κ3) is 8.13. The summed E-state index contributed by atoms with van der Waals surface area (Å²) in [5, 5.41) is 19.9. The molecule has 0 radical (unpaired) electrons. The van der Waals surface area contributed by atoms with Crippen LogP contribution in [0, 0.1) is 11.3 Å². The van der Waals surface area contributed by atoms with Gasteiger partial charge >= 0.3 is 6.09 Å². The standard InChI is InChI=1S/C21H31N5O6S/c1-33(29,30)26(10-11-31-18-4-2-17(12-22)3-5-18)9-8-25-15-19-13-24(7-6-23-21(27)28)14-20(16-25)32-19/h2-5,19-20,23H,6-11,13-16H2,1H3,(H,27,28). The number of ether oxygens (including phenoxy) is 2. The Balaban J connectivity index is 1.43. The van der Waals surface area contributed by atoms with Crippen molar-refractivity contribution in [3.63, 3.8) is 0 Å². The normalized spacial score (nSPS) is 21.5. The van der Waals surface area contributed by atoms with Gasteiger partial charge in [-0.2, -0.15) is 9.57 Å². The van der Waals surface area contributed by atoms with Gasteiger partial charge in [0.15, 0.2) is 0 Å². The van der Waals surface area contributed by atoms with E-state index in [1.54, 1.807) is 24.3 Å². The van der Waals surface area contributed by atoms with Gasteiger partial charge in [0.05, 0.1) is 30.1 Å². The van der Waals surface area contributed by atoms with E-state index in [1.807, 2.05) is 6.07 Å². The molecule has 2 N–H and O–H groups in total. The van der Waals surface area contributed by atoms with Gasteiger partial charge in [-0.05, 0) is 24.3 Å². The molecule has 0 spiro atoms. The molecule has 2 bridgehead atoms. The minimum absolute atomic E-state index is 0.0220.